The molecule has 0 unspecified atom stereocenters. The second-order valence-electron chi connectivity index (χ2n) is 4.61. The first kappa shape index (κ1) is 16.9. The van der Waals surface area contributed by atoms with Crippen LogP contribution in [-0.4, -0.2) is 30.8 Å². The minimum Gasteiger partial charge on any atom is -0.307 e. The Labute approximate surface area is 121 Å². The van der Waals surface area contributed by atoms with Crippen molar-refractivity contribution in [3.63, 3.8) is 0 Å². The first-order valence-corrected chi connectivity index (χ1v) is 8.43. The van der Waals surface area contributed by atoms with E-state index < -0.39 is 10.0 Å². The van der Waals surface area contributed by atoms with Crippen LogP contribution in [-0.2, 0) is 10.0 Å². The Morgan fingerprint density at radius 2 is 1.85 bits per heavy atom. The third-order valence-electron chi connectivity index (χ3n) is 3.05. The molecule has 0 amide bonds. The molecule has 0 aliphatic rings. The van der Waals surface area contributed by atoms with E-state index in [1.54, 1.807) is 6.07 Å². The fourth-order valence-electron chi connectivity index (χ4n) is 1.87. The van der Waals surface area contributed by atoms with E-state index in [9.17, 15) is 8.42 Å². The Kier molecular flexibility index (Phi) is 6.90. The van der Waals surface area contributed by atoms with Crippen LogP contribution in [0.1, 0.15) is 39.5 Å². The topological polar surface area (TPSA) is 88.3 Å². The number of pyridine rings is 1. The van der Waals surface area contributed by atoms with Crippen LogP contribution in [0.3, 0.4) is 0 Å². The first-order valence-electron chi connectivity index (χ1n) is 6.99. The lowest BCUT2D eigenvalue weighted by molar-refractivity contribution is 0.395. The van der Waals surface area contributed by atoms with Gasteiger partial charge in [-0.3, -0.25) is 0 Å². The Balaban J connectivity index is 3.07. The van der Waals surface area contributed by atoms with Gasteiger partial charge in [0, 0.05) is 19.3 Å². The second-order valence-corrected chi connectivity index (χ2v) is 6.51. The average Bonchev–Trinajstić information content (AvgIpc) is 2.47. The summed E-state index contributed by atoms with van der Waals surface area (Å²) in [4.78, 5) is 4.10. The molecule has 0 radical (unpaired) electrons. The number of aromatic nitrogens is 1. The van der Waals surface area contributed by atoms with Crippen LogP contribution in [0.15, 0.2) is 23.2 Å². The van der Waals surface area contributed by atoms with Gasteiger partial charge in [0.25, 0.3) is 0 Å². The highest BCUT2D eigenvalue weighted by Crippen LogP contribution is 2.22. The number of rotatable bonds is 9. The van der Waals surface area contributed by atoms with E-state index in [0.717, 1.165) is 25.7 Å². The monoisotopic (exact) mass is 300 g/mol. The average molecular weight is 300 g/mol. The highest BCUT2D eigenvalue weighted by Gasteiger charge is 2.26. The lowest BCUT2D eigenvalue weighted by Gasteiger charge is -2.22. The molecule has 114 valence electrons. The molecule has 0 saturated carbocycles. The molecule has 0 bridgehead atoms. The third-order valence-corrected chi connectivity index (χ3v) is 4.98. The minimum atomic E-state index is -3.56. The van der Waals surface area contributed by atoms with E-state index in [1.807, 2.05) is 13.8 Å². The van der Waals surface area contributed by atoms with Gasteiger partial charge in [-0.15, -0.1) is 0 Å². The van der Waals surface area contributed by atoms with E-state index in [-0.39, 0.29) is 10.7 Å². The van der Waals surface area contributed by atoms with Gasteiger partial charge in [-0.2, -0.15) is 4.31 Å². The fraction of sp³-hybridized carbons (Fsp3) is 0.615. The van der Waals surface area contributed by atoms with Crippen LogP contribution in [0.2, 0.25) is 0 Å². The van der Waals surface area contributed by atoms with Crippen LogP contribution < -0.4 is 11.3 Å². The highest BCUT2D eigenvalue weighted by atomic mass is 32.2. The van der Waals surface area contributed by atoms with Gasteiger partial charge in [-0.1, -0.05) is 26.7 Å². The lowest BCUT2D eigenvalue weighted by atomic mass is 10.3. The maximum absolute atomic E-state index is 12.7. The molecule has 1 aromatic rings. The molecule has 0 spiro atoms. The molecule has 0 fully saturated rings. The van der Waals surface area contributed by atoms with Crippen LogP contribution in [0.25, 0.3) is 0 Å². The molecule has 7 heteroatoms. The first-order chi connectivity index (χ1) is 9.57. The van der Waals surface area contributed by atoms with Crippen molar-refractivity contribution < 1.29 is 8.42 Å². The van der Waals surface area contributed by atoms with Gasteiger partial charge in [0.2, 0.25) is 10.0 Å². The Bertz CT molecular complexity index is 497. The van der Waals surface area contributed by atoms with Gasteiger partial charge in [-0.05, 0) is 25.0 Å². The predicted molar refractivity (Wildman–Crippen MR) is 80.6 cm³/mol. The number of nitrogens with two attached hydrogens (primary N) is 1. The van der Waals surface area contributed by atoms with E-state index in [2.05, 4.69) is 10.4 Å². The van der Waals surface area contributed by atoms with Gasteiger partial charge < -0.3 is 5.43 Å². The number of hydrogen-bond acceptors (Lipinski definition) is 5. The number of nitrogens with one attached hydrogen (secondary N) is 1. The molecule has 1 rings (SSSR count). The number of hydrogen-bond donors (Lipinski definition) is 2. The number of nitrogen functional groups attached to an aromatic ring is 1. The molecular weight excluding hydrogens is 276 g/mol. The minimum absolute atomic E-state index is 0.134. The summed E-state index contributed by atoms with van der Waals surface area (Å²) in [5, 5.41) is 0. The van der Waals surface area contributed by atoms with Crippen LogP contribution in [0.5, 0.6) is 0 Å². The molecule has 0 aliphatic heterocycles. The van der Waals surface area contributed by atoms with Crippen LogP contribution in [0, 0.1) is 0 Å². The molecule has 0 saturated heterocycles. The zero-order chi connectivity index (χ0) is 15.0. The quantitative estimate of drug-likeness (QED) is 0.537. The standard InChI is InChI=1S/C13H24N4O2S/c1-3-5-10-17(11-6-4-2)20(18,19)12-8-7-9-15-13(12)16-14/h7-9H,3-6,10-11,14H2,1-2H3,(H,15,16). The maximum atomic E-state index is 12.7. The maximum Gasteiger partial charge on any atom is 0.246 e. The molecule has 0 aliphatic carbocycles. The number of hydrazine groups is 1. The summed E-state index contributed by atoms with van der Waals surface area (Å²) in [5.41, 5.74) is 2.35. The highest BCUT2D eigenvalue weighted by molar-refractivity contribution is 7.89. The summed E-state index contributed by atoms with van der Waals surface area (Å²) >= 11 is 0. The summed E-state index contributed by atoms with van der Waals surface area (Å²) in [6.07, 6.45) is 5.10. The smallest absolute Gasteiger partial charge is 0.246 e. The summed E-state index contributed by atoms with van der Waals surface area (Å²) in [7, 11) is -3.56. The molecule has 0 aromatic carbocycles. The lowest BCUT2D eigenvalue weighted by Crippen LogP contribution is -2.34. The Morgan fingerprint density at radius 3 is 2.35 bits per heavy atom. The van der Waals surface area contributed by atoms with Gasteiger partial charge in [0.15, 0.2) is 5.82 Å². The molecule has 1 heterocycles. The summed E-state index contributed by atoms with van der Waals surface area (Å²) in [6, 6.07) is 3.13. The van der Waals surface area contributed by atoms with Gasteiger partial charge in [-0.25, -0.2) is 19.2 Å². The number of nitrogens with zero attached hydrogens (tertiary/aromatic N) is 2. The molecular formula is C13H24N4O2S. The SMILES string of the molecule is CCCCN(CCCC)S(=O)(=O)c1cccnc1NN. The van der Waals surface area contributed by atoms with Crippen molar-refractivity contribution in [3.05, 3.63) is 18.3 Å². The van der Waals surface area contributed by atoms with Crippen LogP contribution in [0.4, 0.5) is 5.82 Å². The van der Waals surface area contributed by atoms with Gasteiger partial charge >= 0.3 is 0 Å². The second kappa shape index (κ2) is 8.18. The molecule has 20 heavy (non-hydrogen) atoms. The number of unbranched alkanes of at least 4 members (excludes halogenated alkanes) is 2. The molecule has 3 N–H and O–H groups in total. The van der Waals surface area contributed by atoms with Crippen molar-refractivity contribution in [2.45, 2.75) is 44.4 Å². The summed E-state index contributed by atoms with van der Waals surface area (Å²) in [5.74, 6) is 5.54. The largest absolute Gasteiger partial charge is 0.307 e. The zero-order valence-electron chi connectivity index (χ0n) is 12.2. The summed E-state index contributed by atoms with van der Waals surface area (Å²) < 4.78 is 27.0. The summed E-state index contributed by atoms with van der Waals surface area (Å²) in [6.45, 7) is 5.14. The van der Waals surface area contributed by atoms with Crippen molar-refractivity contribution in [1.29, 1.82) is 0 Å². The van der Waals surface area contributed by atoms with E-state index >= 15 is 0 Å². The number of sulfonamides is 1. The van der Waals surface area contributed by atoms with Crippen LogP contribution >= 0.6 is 0 Å². The Morgan fingerprint density at radius 1 is 1.25 bits per heavy atom. The van der Waals surface area contributed by atoms with Gasteiger partial charge in [0.1, 0.15) is 4.90 Å². The predicted octanol–water partition coefficient (Wildman–Crippen LogP) is 1.96. The van der Waals surface area contributed by atoms with Crippen molar-refractivity contribution in [3.8, 4) is 0 Å². The Hall–Kier alpha value is -1.18. The van der Waals surface area contributed by atoms with Crippen molar-refractivity contribution in [2.24, 2.45) is 5.84 Å². The van der Waals surface area contributed by atoms with E-state index in [4.69, 9.17) is 5.84 Å². The van der Waals surface area contributed by atoms with Crippen molar-refractivity contribution in [1.82, 2.24) is 9.29 Å². The third kappa shape index (κ3) is 4.16. The fourth-order valence-corrected chi connectivity index (χ4v) is 3.49. The van der Waals surface area contributed by atoms with Crippen molar-refractivity contribution in [2.75, 3.05) is 18.5 Å². The zero-order valence-corrected chi connectivity index (χ0v) is 13.0. The molecule has 1 aromatic heterocycles. The molecule has 0 atom stereocenters. The van der Waals surface area contributed by atoms with E-state index in [1.165, 1.54) is 16.6 Å². The van der Waals surface area contributed by atoms with Gasteiger partial charge in [0.05, 0.1) is 0 Å². The molecule has 6 nitrogen and oxygen atoms in total. The normalized spacial score (nSPS) is 11.8. The number of anilines is 1. The van der Waals surface area contributed by atoms with E-state index in [0.29, 0.717) is 13.1 Å². The van der Waals surface area contributed by atoms with Crippen molar-refractivity contribution >= 4 is 15.8 Å².